The maximum absolute atomic E-state index is 12.4. The first-order valence-corrected chi connectivity index (χ1v) is 7.24. The van der Waals surface area contributed by atoms with Gasteiger partial charge >= 0.3 is 0 Å². The summed E-state index contributed by atoms with van der Waals surface area (Å²) < 4.78 is 0. The molecule has 3 unspecified atom stereocenters. The first-order chi connectivity index (χ1) is 8.24. The Kier molecular flexibility index (Phi) is 4.43. The van der Waals surface area contributed by atoms with Gasteiger partial charge < -0.3 is 10.6 Å². The number of likely N-dealkylation sites (tertiary alicyclic amines) is 1. The number of hydrogen-bond donors (Lipinski definition) is 1. The molecule has 98 valence electrons. The molecule has 0 aromatic rings. The van der Waals surface area contributed by atoms with Crippen LogP contribution in [0.4, 0.5) is 0 Å². The number of nitrogens with two attached hydrogens (primary N) is 1. The summed E-state index contributed by atoms with van der Waals surface area (Å²) in [5.41, 5.74) is 5.56. The minimum Gasteiger partial charge on any atom is -0.339 e. The van der Waals surface area contributed by atoms with Gasteiger partial charge in [0.2, 0.25) is 5.91 Å². The molecule has 0 aromatic carbocycles. The molecule has 0 radical (unpaired) electrons. The molecular formula is C14H26N2O. The summed E-state index contributed by atoms with van der Waals surface area (Å²) in [5, 5.41) is 0. The summed E-state index contributed by atoms with van der Waals surface area (Å²) >= 11 is 0. The number of carbonyl (C=O) groups is 1. The van der Waals surface area contributed by atoms with Gasteiger partial charge in [0.05, 0.1) is 0 Å². The summed E-state index contributed by atoms with van der Waals surface area (Å²) in [6.07, 6.45) is 8.58. The predicted octanol–water partition coefficient (Wildman–Crippen LogP) is 2.15. The quantitative estimate of drug-likeness (QED) is 0.819. The summed E-state index contributed by atoms with van der Waals surface area (Å²) in [4.78, 5) is 14.6. The molecule has 3 nitrogen and oxygen atoms in total. The van der Waals surface area contributed by atoms with Crippen LogP contribution in [0.2, 0.25) is 0 Å². The summed E-state index contributed by atoms with van der Waals surface area (Å²) in [5.74, 6) is 1.25. The van der Waals surface area contributed by atoms with E-state index >= 15 is 0 Å². The monoisotopic (exact) mass is 238 g/mol. The molecule has 3 atom stereocenters. The molecule has 2 fully saturated rings. The third-order valence-electron chi connectivity index (χ3n) is 4.55. The van der Waals surface area contributed by atoms with Crippen molar-refractivity contribution in [1.29, 1.82) is 0 Å². The molecule has 1 saturated heterocycles. The van der Waals surface area contributed by atoms with Crippen molar-refractivity contribution in [2.75, 3.05) is 13.1 Å². The molecule has 0 aromatic heterocycles. The van der Waals surface area contributed by atoms with Gasteiger partial charge in [-0.1, -0.05) is 19.8 Å². The lowest BCUT2D eigenvalue weighted by Crippen LogP contribution is -2.51. The van der Waals surface area contributed by atoms with E-state index in [0.717, 1.165) is 18.9 Å². The van der Waals surface area contributed by atoms with Gasteiger partial charge in [0, 0.05) is 18.5 Å². The fourth-order valence-electron chi connectivity index (χ4n) is 3.55. The number of hydrogen-bond acceptors (Lipinski definition) is 2. The maximum Gasteiger partial charge on any atom is 0.225 e. The molecule has 1 aliphatic heterocycles. The summed E-state index contributed by atoms with van der Waals surface area (Å²) in [7, 11) is 0. The molecule has 1 saturated carbocycles. The second-order valence-corrected chi connectivity index (χ2v) is 5.76. The van der Waals surface area contributed by atoms with E-state index in [4.69, 9.17) is 5.73 Å². The lowest BCUT2D eigenvalue weighted by atomic mass is 9.78. The normalized spacial score (nSPS) is 30.8. The average molecular weight is 238 g/mol. The zero-order chi connectivity index (χ0) is 12.3. The Morgan fingerprint density at radius 1 is 1.29 bits per heavy atom. The van der Waals surface area contributed by atoms with Gasteiger partial charge in [-0.25, -0.2) is 0 Å². The van der Waals surface area contributed by atoms with Crippen molar-refractivity contribution in [2.24, 2.45) is 17.6 Å². The molecule has 3 heteroatoms. The Balaban J connectivity index is 2.00. The van der Waals surface area contributed by atoms with Crippen LogP contribution in [0.3, 0.4) is 0 Å². The highest BCUT2D eigenvalue weighted by atomic mass is 16.2. The van der Waals surface area contributed by atoms with Crippen LogP contribution in [0.25, 0.3) is 0 Å². The van der Waals surface area contributed by atoms with Crippen molar-refractivity contribution >= 4 is 5.91 Å². The van der Waals surface area contributed by atoms with E-state index in [-0.39, 0.29) is 5.92 Å². The lowest BCUT2D eigenvalue weighted by Gasteiger charge is -2.45. The Morgan fingerprint density at radius 3 is 2.76 bits per heavy atom. The van der Waals surface area contributed by atoms with Crippen LogP contribution >= 0.6 is 0 Å². The first kappa shape index (κ1) is 12.9. The molecule has 2 N–H and O–H groups in total. The standard InChI is InChI=1S/C14H26N2O/c1-11(8-9-15)14(17)16-10-4-6-12-5-2-3-7-13(12)16/h11-13H,2-10,15H2,1H3. The lowest BCUT2D eigenvalue weighted by molar-refractivity contribution is -0.141. The third kappa shape index (κ3) is 2.82. The molecule has 1 aliphatic carbocycles. The second kappa shape index (κ2) is 5.85. The van der Waals surface area contributed by atoms with Crippen molar-refractivity contribution in [3.05, 3.63) is 0 Å². The van der Waals surface area contributed by atoms with Crippen LogP contribution in [-0.4, -0.2) is 29.9 Å². The number of rotatable bonds is 3. The topological polar surface area (TPSA) is 46.3 Å². The zero-order valence-electron chi connectivity index (χ0n) is 11.0. The molecule has 2 aliphatic rings. The minimum atomic E-state index is 0.112. The van der Waals surface area contributed by atoms with Gasteiger partial charge in [0.1, 0.15) is 0 Å². The van der Waals surface area contributed by atoms with Gasteiger partial charge in [0.15, 0.2) is 0 Å². The zero-order valence-corrected chi connectivity index (χ0v) is 11.0. The summed E-state index contributed by atoms with van der Waals surface area (Å²) in [6.45, 7) is 3.63. The fourth-order valence-corrected chi connectivity index (χ4v) is 3.55. The number of nitrogens with zero attached hydrogens (tertiary/aromatic N) is 1. The smallest absolute Gasteiger partial charge is 0.225 e. The SMILES string of the molecule is CC(CCN)C(=O)N1CCCC2CCCCC21. The average Bonchev–Trinajstić information content (AvgIpc) is 2.37. The molecule has 1 amide bonds. The van der Waals surface area contributed by atoms with Crippen molar-refractivity contribution < 1.29 is 4.79 Å². The van der Waals surface area contributed by atoms with Crippen LogP contribution in [0.1, 0.15) is 51.9 Å². The van der Waals surface area contributed by atoms with Gasteiger partial charge in [0.25, 0.3) is 0 Å². The van der Waals surface area contributed by atoms with Crippen molar-refractivity contribution in [2.45, 2.75) is 57.9 Å². The predicted molar refractivity (Wildman–Crippen MR) is 69.5 cm³/mol. The third-order valence-corrected chi connectivity index (χ3v) is 4.55. The Morgan fingerprint density at radius 2 is 2.00 bits per heavy atom. The van der Waals surface area contributed by atoms with Gasteiger partial charge in [-0.05, 0) is 44.6 Å². The van der Waals surface area contributed by atoms with Gasteiger partial charge in [-0.15, -0.1) is 0 Å². The van der Waals surface area contributed by atoms with Crippen LogP contribution in [0, 0.1) is 11.8 Å². The minimum absolute atomic E-state index is 0.112. The number of amides is 1. The highest BCUT2D eigenvalue weighted by Crippen LogP contribution is 2.35. The second-order valence-electron chi connectivity index (χ2n) is 5.76. The number of carbonyl (C=O) groups excluding carboxylic acids is 1. The summed E-state index contributed by atoms with van der Waals surface area (Å²) in [6, 6.07) is 0.547. The van der Waals surface area contributed by atoms with E-state index in [0.29, 0.717) is 18.5 Å². The van der Waals surface area contributed by atoms with Gasteiger partial charge in [-0.2, -0.15) is 0 Å². The van der Waals surface area contributed by atoms with Crippen LogP contribution in [0.5, 0.6) is 0 Å². The van der Waals surface area contributed by atoms with E-state index in [2.05, 4.69) is 4.90 Å². The Labute approximate surface area is 105 Å². The van der Waals surface area contributed by atoms with Gasteiger partial charge in [-0.3, -0.25) is 4.79 Å². The van der Waals surface area contributed by atoms with Crippen molar-refractivity contribution in [3.8, 4) is 0 Å². The van der Waals surface area contributed by atoms with Crippen molar-refractivity contribution in [1.82, 2.24) is 4.90 Å². The largest absolute Gasteiger partial charge is 0.339 e. The van der Waals surface area contributed by atoms with E-state index in [1.54, 1.807) is 0 Å². The fraction of sp³-hybridized carbons (Fsp3) is 0.929. The Hall–Kier alpha value is -0.570. The maximum atomic E-state index is 12.4. The van der Waals surface area contributed by atoms with Crippen LogP contribution < -0.4 is 5.73 Å². The van der Waals surface area contributed by atoms with E-state index in [1.165, 1.54) is 38.5 Å². The molecule has 1 heterocycles. The molecule has 2 rings (SSSR count). The van der Waals surface area contributed by atoms with E-state index in [9.17, 15) is 4.79 Å². The van der Waals surface area contributed by atoms with Crippen LogP contribution in [0.15, 0.2) is 0 Å². The Bertz CT molecular complexity index is 265. The first-order valence-electron chi connectivity index (χ1n) is 7.24. The molecule has 17 heavy (non-hydrogen) atoms. The highest BCUT2D eigenvalue weighted by molar-refractivity contribution is 5.79. The number of fused-ring (bicyclic) bond motifs is 1. The number of piperidine rings is 1. The molecule has 0 bridgehead atoms. The highest BCUT2D eigenvalue weighted by Gasteiger charge is 2.36. The molecular weight excluding hydrogens is 212 g/mol. The molecule has 0 spiro atoms. The van der Waals surface area contributed by atoms with Crippen molar-refractivity contribution in [3.63, 3.8) is 0 Å². The van der Waals surface area contributed by atoms with Crippen LogP contribution in [-0.2, 0) is 4.79 Å². The van der Waals surface area contributed by atoms with E-state index < -0.39 is 0 Å². The van der Waals surface area contributed by atoms with E-state index in [1.807, 2.05) is 6.92 Å².